The number of hydrogen-bond acceptors (Lipinski definition) is 3. The van der Waals surface area contributed by atoms with E-state index in [-0.39, 0.29) is 11.7 Å². The Kier molecular flexibility index (Phi) is 4.11. The summed E-state index contributed by atoms with van der Waals surface area (Å²) in [6.45, 7) is 0.691. The summed E-state index contributed by atoms with van der Waals surface area (Å²) in [6.07, 6.45) is 2.14. The van der Waals surface area contributed by atoms with Gasteiger partial charge in [-0.2, -0.15) is 0 Å². The normalized spacial score (nSPS) is 14.3. The molecule has 0 unspecified atom stereocenters. The van der Waals surface area contributed by atoms with Crippen molar-refractivity contribution >= 4 is 21.8 Å². The standard InChI is InChI=1S/C13H16BrNO3/c1-18-12-5-2-9(8-11(12)16)13(17)15(7-6-14)10-3-4-10/h2,5,8,10,16H,3-4,6-7H2,1H3. The molecule has 4 nitrogen and oxygen atoms in total. The van der Waals surface area contributed by atoms with Gasteiger partial charge in [0.25, 0.3) is 5.91 Å². The average molecular weight is 314 g/mol. The van der Waals surface area contributed by atoms with E-state index in [0.29, 0.717) is 23.9 Å². The lowest BCUT2D eigenvalue weighted by Crippen LogP contribution is -2.34. The lowest BCUT2D eigenvalue weighted by atomic mass is 10.1. The number of benzene rings is 1. The first kappa shape index (κ1) is 13.2. The van der Waals surface area contributed by atoms with Gasteiger partial charge in [0.05, 0.1) is 7.11 Å². The minimum absolute atomic E-state index is 0.00191. The molecule has 2 rings (SSSR count). The van der Waals surface area contributed by atoms with Gasteiger partial charge in [-0.3, -0.25) is 4.79 Å². The van der Waals surface area contributed by atoms with Gasteiger partial charge in [-0.15, -0.1) is 0 Å². The van der Waals surface area contributed by atoms with Gasteiger partial charge in [0, 0.05) is 23.5 Å². The van der Waals surface area contributed by atoms with Gasteiger partial charge in [-0.25, -0.2) is 0 Å². The Balaban J connectivity index is 2.18. The van der Waals surface area contributed by atoms with E-state index in [4.69, 9.17) is 4.74 Å². The smallest absolute Gasteiger partial charge is 0.254 e. The number of halogens is 1. The van der Waals surface area contributed by atoms with Crippen LogP contribution in [0.1, 0.15) is 23.2 Å². The molecule has 1 N–H and O–H groups in total. The molecule has 1 aliphatic rings. The van der Waals surface area contributed by atoms with Crippen LogP contribution in [0.5, 0.6) is 11.5 Å². The molecule has 1 saturated carbocycles. The number of carbonyl (C=O) groups excluding carboxylic acids is 1. The number of amides is 1. The van der Waals surface area contributed by atoms with E-state index in [9.17, 15) is 9.90 Å². The van der Waals surface area contributed by atoms with Crippen molar-refractivity contribution in [2.24, 2.45) is 0 Å². The van der Waals surface area contributed by atoms with Gasteiger partial charge < -0.3 is 14.7 Å². The molecule has 1 aliphatic carbocycles. The first-order valence-electron chi connectivity index (χ1n) is 5.91. The van der Waals surface area contributed by atoms with Crippen LogP contribution in [0.25, 0.3) is 0 Å². The maximum Gasteiger partial charge on any atom is 0.254 e. The highest BCUT2D eigenvalue weighted by atomic mass is 79.9. The molecule has 0 aromatic heterocycles. The second-order valence-corrected chi connectivity index (χ2v) is 5.10. The van der Waals surface area contributed by atoms with Crippen LogP contribution >= 0.6 is 15.9 Å². The number of rotatable bonds is 5. The average Bonchev–Trinajstić information content (AvgIpc) is 3.19. The molecule has 1 aromatic rings. The van der Waals surface area contributed by atoms with Crippen molar-refractivity contribution in [3.05, 3.63) is 23.8 Å². The van der Waals surface area contributed by atoms with Crippen molar-refractivity contribution < 1.29 is 14.6 Å². The Hall–Kier alpha value is -1.23. The lowest BCUT2D eigenvalue weighted by molar-refractivity contribution is 0.0754. The molecular formula is C13H16BrNO3. The summed E-state index contributed by atoms with van der Waals surface area (Å²) in [5.41, 5.74) is 0.501. The van der Waals surface area contributed by atoms with Crippen LogP contribution < -0.4 is 4.74 Å². The second kappa shape index (κ2) is 5.61. The van der Waals surface area contributed by atoms with E-state index < -0.39 is 0 Å². The number of phenolic OH excluding ortho intramolecular Hbond substituents is 1. The number of carbonyl (C=O) groups is 1. The Morgan fingerprint density at radius 3 is 2.78 bits per heavy atom. The van der Waals surface area contributed by atoms with Crippen LogP contribution in [0, 0.1) is 0 Å². The fourth-order valence-corrected chi connectivity index (χ4v) is 2.30. The SMILES string of the molecule is COc1ccc(C(=O)N(CCBr)C2CC2)cc1O. The lowest BCUT2D eigenvalue weighted by Gasteiger charge is -2.21. The van der Waals surface area contributed by atoms with Crippen molar-refractivity contribution in [1.29, 1.82) is 0 Å². The number of nitrogens with zero attached hydrogens (tertiary/aromatic N) is 1. The number of alkyl halides is 1. The summed E-state index contributed by atoms with van der Waals surface area (Å²) in [5.74, 6) is 0.345. The molecule has 0 saturated heterocycles. The molecule has 18 heavy (non-hydrogen) atoms. The minimum Gasteiger partial charge on any atom is -0.504 e. The molecule has 0 atom stereocenters. The van der Waals surface area contributed by atoms with Crippen LogP contribution in [0.4, 0.5) is 0 Å². The highest BCUT2D eigenvalue weighted by Crippen LogP contribution is 2.31. The van der Waals surface area contributed by atoms with Crippen molar-refractivity contribution in [3.8, 4) is 11.5 Å². The van der Waals surface area contributed by atoms with Gasteiger partial charge in [0.2, 0.25) is 0 Å². The molecule has 1 amide bonds. The number of hydrogen-bond donors (Lipinski definition) is 1. The van der Waals surface area contributed by atoms with Crippen molar-refractivity contribution in [1.82, 2.24) is 4.90 Å². The largest absolute Gasteiger partial charge is 0.504 e. The minimum atomic E-state index is -0.0325. The molecule has 5 heteroatoms. The molecule has 0 aliphatic heterocycles. The van der Waals surface area contributed by atoms with Crippen molar-refractivity contribution in [3.63, 3.8) is 0 Å². The van der Waals surface area contributed by atoms with Crippen LogP contribution in [0.2, 0.25) is 0 Å². The molecular weight excluding hydrogens is 298 g/mol. The third kappa shape index (κ3) is 2.77. The quantitative estimate of drug-likeness (QED) is 0.849. The number of ether oxygens (including phenoxy) is 1. The van der Waals surface area contributed by atoms with Gasteiger partial charge in [0.15, 0.2) is 11.5 Å². The Labute approximate surface area is 115 Å². The molecule has 0 bridgehead atoms. The first-order valence-corrected chi connectivity index (χ1v) is 7.03. The van der Waals surface area contributed by atoms with Crippen LogP contribution in [0.15, 0.2) is 18.2 Å². The van der Waals surface area contributed by atoms with E-state index in [1.54, 1.807) is 12.1 Å². The van der Waals surface area contributed by atoms with Gasteiger partial charge in [-0.05, 0) is 31.0 Å². The number of phenols is 1. The fraction of sp³-hybridized carbons (Fsp3) is 0.462. The molecule has 0 spiro atoms. The molecule has 0 heterocycles. The first-order chi connectivity index (χ1) is 8.67. The summed E-state index contributed by atoms with van der Waals surface area (Å²) in [5, 5.41) is 10.5. The monoisotopic (exact) mass is 313 g/mol. The highest BCUT2D eigenvalue weighted by molar-refractivity contribution is 9.09. The summed E-state index contributed by atoms with van der Waals surface area (Å²) >= 11 is 3.36. The zero-order valence-electron chi connectivity index (χ0n) is 10.2. The summed E-state index contributed by atoms with van der Waals surface area (Å²) < 4.78 is 4.97. The third-order valence-electron chi connectivity index (χ3n) is 3.00. The summed E-state index contributed by atoms with van der Waals surface area (Å²) in [7, 11) is 1.48. The van der Waals surface area contributed by atoms with E-state index in [1.807, 2.05) is 4.90 Å². The Morgan fingerprint density at radius 2 is 2.28 bits per heavy atom. The fourth-order valence-electron chi connectivity index (χ4n) is 1.92. The van der Waals surface area contributed by atoms with Crippen LogP contribution in [-0.2, 0) is 0 Å². The van der Waals surface area contributed by atoms with E-state index in [1.165, 1.54) is 13.2 Å². The van der Waals surface area contributed by atoms with Gasteiger partial charge in [-0.1, -0.05) is 15.9 Å². The predicted molar refractivity (Wildman–Crippen MR) is 72.5 cm³/mol. The van der Waals surface area contributed by atoms with Gasteiger partial charge in [0.1, 0.15) is 0 Å². The predicted octanol–water partition coefficient (Wildman–Crippen LogP) is 2.40. The maximum atomic E-state index is 12.3. The third-order valence-corrected chi connectivity index (χ3v) is 3.35. The molecule has 1 aromatic carbocycles. The van der Waals surface area contributed by atoms with Crippen LogP contribution in [0.3, 0.4) is 0 Å². The number of aromatic hydroxyl groups is 1. The van der Waals surface area contributed by atoms with Crippen molar-refractivity contribution in [2.45, 2.75) is 18.9 Å². The molecule has 1 fully saturated rings. The molecule has 98 valence electrons. The zero-order valence-corrected chi connectivity index (χ0v) is 11.8. The Bertz CT molecular complexity index is 446. The van der Waals surface area contributed by atoms with Crippen molar-refractivity contribution in [2.75, 3.05) is 19.0 Å². The second-order valence-electron chi connectivity index (χ2n) is 4.31. The topological polar surface area (TPSA) is 49.8 Å². The summed E-state index contributed by atoms with van der Waals surface area (Å²) in [6, 6.07) is 5.12. The van der Waals surface area contributed by atoms with Crippen LogP contribution in [-0.4, -0.2) is 40.9 Å². The summed E-state index contributed by atoms with van der Waals surface area (Å²) in [4.78, 5) is 14.2. The van der Waals surface area contributed by atoms with E-state index in [2.05, 4.69) is 15.9 Å². The highest BCUT2D eigenvalue weighted by Gasteiger charge is 2.32. The molecule has 0 radical (unpaired) electrons. The van der Waals surface area contributed by atoms with Gasteiger partial charge >= 0.3 is 0 Å². The number of methoxy groups -OCH3 is 1. The maximum absolute atomic E-state index is 12.3. The Morgan fingerprint density at radius 1 is 1.56 bits per heavy atom. The van der Waals surface area contributed by atoms with E-state index >= 15 is 0 Å². The zero-order chi connectivity index (χ0) is 13.1. The van der Waals surface area contributed by atoms with E-state index in [0.717, 1.165) is 18.2 Å².